The summed E-state index contributed by atoms with van der Waals surface area (Å²) in [7, 11) is 4.05. The van der Waals surface area contributed by atoms with E-state index < -0.39 is 64.3 Å². The Kier molecular flexibility index (Phi) is 5.15. The van der Waals surface area contributed by atoms with E-state index in [9.17, 15) is 29.1 Å². The Morgan fingerprint density at radius 2 is 1.23 bits per heavy atom. The molecule has 3 atom stereocenters. The summed E-state index contributed by atoms with van der Waals surface area (Å²) >= 11 is 0. The van der Waals surface area contributed by atoms with Crippen molar-refractivity contribution >= 4 is 29.7 Å². The average Bonchev–Trinajstić information content (AvgIpc) is 3.08. The van der Waals surface area contributed by atoms with Gasteiger partial charge >= 0.3 is 23.9 Å². The fourth-order valence-electron chi connectivity index (χ4n) is 3.29. The van der Waals surface area contributed by atoms with Gasteiger partial charge in [0.05, 0.1) is 28.4 Å². The number of aliphatic hydroxyl groups is 1. The van der Waals surface area contributed by atoms with Crippen LogP contribution in [-0.4, -0.2) is 63.2 Å². The monoisotopic (exact) mass is 368 g/mol. The van der Waals surface area contributed by atoms with E-state index in [1.54, 1.807) is 0 Å². The van der Waals surface area contributed by atoms with Gasteiger partial charge in [0.2, 0.25) is 0 Å². The topological polar surface area (TPSA) is 142 Å². The first-order chi connectivity index (χ1) is 12.3. The van der Waals surface area contributed by atoms with Crippen LogP contribution >= 0.6 is 0 Å². The lowest BCUT2D eigenvalue weighted by Crippen LogP contribution is -2.35. The van der Waals surface area contributed by atoms with E-state index in [1.807, 2.05) is 0 Å². The number of ketones is 1. The molecule has 0 unspecified atom stereocenters. The van der Waals surface area contributed by atoms with Crippen molar-refractivity contribution in [3.05, 3.63) is 22.5 Å². The largest absolute Gasteiger partial charge is 0.510 e. The van der Waals surface area contributed by atoms with Crippen molar-refractivity contribution < 1.29 is 48.0 Å². The van der Waals surface area contributed by atoms with Crippen LogP contribution < -0.4 is 0 Å². The molecule has 26 heavy (non-hydrogen) atoms. The van der Waals surface area contributed by atoms with Gasteiger partial charge in [-0.1, -0.05) is 0 Å². The van der Waals surface area contributed by atoms with Gasteiger partial charge in [0.1, 0.15) is 28.7 Å². The van der Waals surface area contributed by atoms with Crippen molar-refractivity contribution in [2.75, 3.05) is 28.4 Å². The van der Waals surface area contributed by atoms with Gasteiger partial charge in [0, 0.05) is 5.92 Å². The van der Waals surface area contributed by atoms with Gasteiger partial charge in [-0.25, -0.2) is 9.59 Å². The van der Waals surface area contributed by atoms with Crippen molar-refractivity contribution in [1.82, 2.24) is 0 Å². The highest BCUT2D eigenvalue weighted by Gasteiger charge is 2.61. The predicted octanol–water partition coefficient (Wildman–Crippen LogP) is -0.768. The first kappa shape index (κ1) is 19.2. The zero-order valence-electron chi connectivity index (χ0n) is 14.4. The zero-order valence-corrected chi connectivity index (χ0v) is 14.4. The second-order valence-corrected chi connectivity index (χ2v) is 5.42. The Labute approximate surface area is 147 Å². The molecular weight excluding hydrogens is 352 g/mol. The molecule has 140 valence electrons. The van der Waals surface area contributed by atoms with Crippen LogP contribution in [0.15, 0.2) is 22.5 Å². The summed E-state index contributed by atoms with van der Waals surface area (Å²) < 4.78 is 18.3. The average molecular weight is 368 g/mol. The van der Waals surface area contributed by atoms with Gasteiger partial charge < -0.3 is 24.1 Å². The van der Waals surface area contributed by atoms with E-state index >= 15 is 0 Å². The van der Waals surface area contributed by atoms with Crippen LogP contribution in [0.2, 0.25) is 0 Å². The molecule has 0 bridgehead atoms. The van der Waals surface area contributed by atoms with Crippen LogP contribution in [0.3, 0.4) is 0 Å². The number of fused-ring (bicyclic) bond motifs is 1. The van der Waals surface area contributed by atoms with Crippen LogP contribution in [0.5, 0.6) is 0 Å². The molecule has 10 nitrogen and oxygen atoms in total. The van der Waals surface area contributed by atoms with E-state index in [0.717, 1.165) is 28.4 Å². The molecule has 2 aliphatic rings. The molecule has 0 aromatic heterocycles. The van der Waals surface area contributed by atoms with Gasteiger partial charge in [-0.15, -0.1) is 0 Å². The Hall–Kier alpha value is -3.17. The molecule has 0 spiro atoms. The Morgan fingerprint density at radius 1 is 0.769 bits per heavy atom. The molecule has 0 aromatic rings. The van der Waals surface area contributed by atoms with E-state index in [2.05, 4.69) is 18.9 Å². The van der Waals surface area contributed by atoms with Crippen LogP contribution in [0.25, 0.3) is 0 Å². The number of ether oxygens (including phenoxy) is 4. The highest BCUT2D eigenvalue weighted by Crippen LogP contribution is 2.52. The van der Waals surface area contributed by atoms with Crippen LogP contribution in [0.1, 0.15) is 0 Å². The summed E-state index contributed by atoms with van der Waals surface area (Å²) in [5, 5.41) is 10.4. The molecule has 10 heteroatoms. The Balaban J connectivity index is 2.82. The number of aliphatic hydroxyl groups excluding tert-OH is 1. The number of hydrogen-bond acceptors (Lipinski definition) is 10. The number of methoxy groups -OCH3 is 4. The molecule has 2 rings (SSSR count). The van der Waals surface area contributed by atoms with Crippen LogP contribution in [-0.2, 0) is 42.9 Å². The van der Waals surface area contributed by atoms with Crippen molar-refractivity contribution in [2.24, 2.45) is 17.8 Å². The maximum Gasteiger partial charge on any atom is 0.341 e. The number of hydrogen-bond donors (Lipinski definition) is 1. The van der Waals surface area contributed by atoms with Crippen molar-refractivity contribution in [2.45, 2.75) is 0 Å². The number of Topliss-reactive ketones (excluding diaryl/α,β-unsaturated/α-hetero) is 1. The molecule has 1 N–H and O–H groups in total. The van der Waals surface area contributed by atoms with E-state index in [4.69, 9.17) is 0 Å². The molecule has 0 saturated carbocycles. The third-order valence-electron chi connectivity index (χ3n) is 4.36. The molecule has 0 aliphatic heterocycles. The molecular formula is C16H16O10. The van der Waals surface area contributed by atoms with E-state index in [0.29, 0.717) is 0 Å². The third-order valence-corrected chi connectivity index (χ3v) is 4.36. The minimum absolute atomic E-state index is 0.294. The summed E-state index contributed by atoms with van der Waals surface area (Å²) in [6.07, 6.45) is 0. The fourth-order valence-corrected chi connectivity index (χ4v) is 3.29. The molecule has 0 amide bonds. The van der Waals surface area contributed by atoms with Crippen LogP contribution in [0, 0.1) is 17.8 Å². The van der Waals surface area contributed by atoms with E-state index in [1.165, 1.54) is 0 Å². The van der Waals surface area contributed by atoms with Crippen molar-refractivity contribution in [3.8, 4) is 0 Å². The lowest BCUT2D eigenvalue weighted by Gasteiger charge is -2.20. The summed E-state index contributed by atoms with van der Waals surface area (Å²) in [6.45, 7) is 0. The fraction of sp³-hybridized carbons (Fsp3) is 0.438. The number of carbonyl (C=O) groups excluding carboxylic acids is 5. The number of carbonyl (C=O) groups is 5. The number of esters is 4. The first-order valence-corrected chi connectivity index (χ1v) is 7.30. The second-order valence-electron chi connectivity index (χ2n) is 5.42. The Morgan fingerprint density at radius 3 is 1.69 bits per heavy atom. The lowest BCUT2D eigenvalue weighted by molar-refractivity contribution is -0.153. The summed E-state index contributed by atoms with van der Waals surface area (Å²) in [4.78, 5) is 61.2. The summed E-state index contributed by atoms with van der Waals surface area (Å²) in [6, 6.07) is 0. The van der Waals surface area contributed by atoms with Gasteiger partial charge in [-0.2, -0.15) is 0 Å². The third kappa shape index (κ3) is 2.54. The summed E-state index contributed by atoms with van der Waals surface area (Å²) in [5.41, 5.74) is -1.46. The molecule has 0 aromatic carbocycles. The van der Waals surface area contributed by atoms with Gasteiger partial charge in [-0.3, -0.25) is 14.4 Å². The quantitative estimate of drug-likeness (QED) is 0.291. The van der Waals surface area contributed by atoms with Crippen molar-refractivity contribution in [3.63, 3.8) is 0 Å². The molecule has 0 heterocycles. The predicted molar refractivity (Wildman–Crippen MR) is 80.2 cm³/mol. The number of rotatable bonds is 4. The zero-order chi connectivity index (χ0) is 19.8. The highest BCUT2D eigenvalue weighted by molar-refractivity contribution is 6.27. The van der Waals surface area contributed by atoms with Gasteiger partial charge in [0.15, 0.2) is 5.78 Å². The van der Waals surface area contributed by atoms with Gasteiger partial charge in [0.25, 0.3) is 0 Å². The SMILES string of the molecule is COC(=O)C1=C(O)[C@@H](C(=O)OC)[C@@H]2C1=C(C(=O)OC)C(=O)[C@H]2C(=O)OC. The standard InChI is InChI=1S/C16H16O10/c1-23-13(19)7-5-6(9(11(7)17)15(21)25-3)10(16(22)26-4)12(18)8(5)14(20)24-2/h5,7-8,17H,1-4H3/t5-,7-,8-/m0/s1. The minimum Gasteiger partial charge on any atom is -0.510 e. The lowest BCUT2D eigenvalue weighted by atomic mass is 9.83. The second kappa shape index (κ2) is 6.98. The van der Waals surface area contributed by atoms with Crippen LogP contribution in [0.4, 0.5) is 0 Å². The molecule has 0 radical (unpaired) electrons. The summed E-state index contributed by atoms with van der Waals surface area (Å²) in [5.74, 6) is -10.5. The maximum atomic E-state index is 12.7. The molecule has 0 saturated heterocycles. The highest BCUT2D eigenvalue weighted by atomic mass is 16.5. The first-order valence-electron chi connectivity index (χ1n) is 7.30. The molecule has 0 fully saturated rings. The van der Waals surface area contributed by atoms with Crippen molar-refractivity contribution in [1.29, 1.82) is 0 Å². The van der Waals surface area contributed by atoms with Gasteiger partial charge in [-0.05, 0) is 5.57 Å². The minimum atomic E-state index is -1.63. The maximum absolute atomic E-state index is 12.7. The van der Waals surface area contributed by atoms with E-state index in [-0.39, 0.29) is 5.57 Å². The molecule has 2 aliphatic carbocycles. The smallest absolute Gasteiger partial charge is 0.341 e. The normalized spacial score (nSPS) is 24.3. The Bertz CT molecular complexity index is 772.